The Balaban J connectivity index is 2.08. The summed E-state index contributed by atoms with van der Waals surface area (Å²) < 4.78 is 27.1. The zero-order valence-electron chi connectivity index (χ0n) is 10.3. The Bertz CT molecular complexity index is 479. The molecule has 6 heteroatoms. The first kappa shape index (κ1) is 13.7. The van der Waals surface area contributed by atoms with E-state index in [1.54, 1.807) is 31.3 Å². The van der Waals surface area contributed by atoms with Gasteiger partial charge in [0.15, 0.2) is 0 Å². The van der Waals surface area contributed by atoms with Crippen LogP contribution in [0.5, 0.6) is 0 Å². The number of rotatable bonds is 4. The fourth-order valence-corrected chi connectivity index (χ4v) is 4.37. The van der Waals surface area contributed by atoms with E-state index in [1.165, 1.54) is 0 Å². The highest BCUT2D eigenvalue weighted by molar-refractivity contribution is 7.99. The lowest BCUT2D eigenvalue weighted by Crippen LogP contribution is -2.38. The smallest absolute Gasteiger partial charge is 0.240 e. The first-order chi connectivity index (χ1) is 8.62. The number of anilines is 1. The van der Waals surface area contributed by atoms with Gasteiger partial charge >= 0.3 is 0 Å². The minimum Gasteiger partial charge on any atom is -0.388 e. The van der Waals surface area contributed by atoms with Crippen LogP contribution < -0.4 is 10.0 Å². The molecule has 1 heterocycles. The normalized spacial score (nSPS) is 20.6. The minimum absolute atomic E-state index is 0.0673. The summed E-state index contributed by atoms with van der Waals surface area (Å²) in [6.07, 6.45) is 2.01. The van der Waals surface area contributed by atoms with E-state index in [1.807, 2.05) is 11.8 Å². The standard InChI is InChI=1S/C12H18N2O2S2/c1-13-10-4-6-12(7-5-10)18(15,16)14-11-3-2-8-17-9-11/h4-7,11,13-14H,2-3,8-9H2,1H3. The van der Waals surface area contributed by atoms with Crippen molar-refractivity contribution >= 4 is 27.5 Å². The molecule has 0 aromatic heterocycles. The Labute approximate surface area is 113 Å². The lowest BCUT2D eigenvalue weighted by Gasteiger charge is -2.22. The van der Waals surface area contributed by atoms with E-state index in [2.05, 4.69) is 10.0 Å². The molecule has 1 fully saturated rings. The van der Waals surface area contributed by atoms with Gasteiger partial charge in [-0.3, -0.25) is 0 Å². The molecular weight excluding hydrogens is 268 g/mol. The van der Waals surface area contributed by atoms with E-state index < -0.39 is 10.0 Å². The van der Waals surface area contributed by atoms with Gasteiger partial charge in [0.2, 0.25) is 10.0 Å². The second-order valence-electron chi connectivity index (χ2n) is 4.31. The fourth-order valence-electron chi connectivity index (χ4n) is 1.92. The summed E-state index contributed by atoms with van der Waals surface area (Å²) in [4.78, 5) is 0.331. The molecule has 1 atom stereocenters. The van der Waals surface area contributed by atoms with Crippen molar-refractivity contribution in [3.63, 3.8) is 0 Å². The number of benzene rings is 1. The summed E-state index contributed by atoms with van der Waals surface area (Å²) in [5.74, 6) is 2.00. The molecule has 2 N–H and O–H groups in total. The molecule has 1 aliphatic rings. The van der Waals surface area contributed by atoms with Gasteiger partial charge in [0.25, 0.3) is 0 Å². The van der Waals surface area contributed by atoms with Crippen molar-refractivity contribution in [2.75, 3.05) is 23.9 Å². The van der Waals surface area contributed by atoms with E-state index in [9.17, 15) is 8.42 Å². The lowest BCUT2D eigenvalue weighted by molar-refractivity contribution is 0.543. The van der Waals surface area contributed by atoms with Gasteiger partial charge < -0.3 is 5.32 Å². The number of sulfonamides is 1. The van der Waals surface area contributed by atoms with Crippen molar-refractivity contribution in [1.82, 2.24) is 4.72 Å². The van der Waals surface area contributed by atoms with Gasteiger partial charge in [-0.15, -0.1) is 0 Å². The maximum absolute atomic E-state index is 12.2. The number of hydrogen-bond donors (Lipinski definition) is 2. The maximum Gasteiger partial charge on any atom is 0.240 e. The van der Waals surface area contributed by atoms with Crippen LogP contribution in [0.15, 0.2) is 29.2 Å². The third-order valence-electron chi connectivity index (χ3n) is 2.94. The van der Waals surface area contributed by atoms with Crippen molar-refractivity contribution in [2.24, 2.45) is 0 Å². The summed E-state index contributed by atoms with van der Waals surface area (Å²) in [6.45, 7) is 0. The van der Waals surface area contributed by atoms with Crippen molar-refractivity contribution in [1.29, 1.82) is 0 Å². The number of nitrogens with one attached hydrogen (secondary N) is 2. The molecule has 0 amide bonds. The van der Waals surface area contributed by atoms with Crippen LogP contribution >= 0.6 is 11.8 Å². The predicted molar refractivity (Wildman–Crippen MR) is 76.7 cm³/mol. The van der Waals surface area contributed by atoms with Crippen LogP contribution in [0.2, 0.25) is 0 Å². The largest absolute Gasteiger partial charge is 0.388 e. The molecule has 0 aliphatic carbocycles. The van der Waals surface area contributed by atoms with Crippen LogP contribution in [-0.2, 0) is 10.0 Å². The zero-order chi connectivity index (χ0) is 13.0. The van der Waals surface area contributed by atoms with E-state index >= 15 is 0 Å². The van der Waals surface area contributed by atoms with Crippen LogP contribution in [-0.4, -0.2) is 33.0 Å². The SMILES string of the molecule is CNc1ccc(S(=O)(=O)NC2CCCSC2)cc1. The molecule has 0 radical (unpaired) electrons. The zero-order valence-corrected chi connectivity index (χ0v) is 12.0. The summed E-state index contributed by atoms with van der Waals surface area (Å²) in [5.41, 5.74) is 0.905. The molecule has 100 valence electrons. The Kier molecular flexibility index (Phi) is 4.53. The Morgan fingerprint density at radius 3 is 2.56 bits per heavy atom. The summed E-state index contributed by atoms with van der Waals surface area (Å²) in [6, 6.07) is 6.86. The van der Waals surface area contributed by atoms with Crippen LogP contribution in [0.3, 0.4) is 0 Å². The van der Waals surface area contributed by atoms with Crippen molar-refractivity contribution in [3.8, 4) is 0 Å². The maximum atomic E-state index is 12.2. The number of thioether (sulfide) groups is 1. The Hall–Kier alpha value is -0.720. The van der Waals surface area contributed by atoms with Crippen LogP contribution in [0, 0.1) is 0 Å². The van der Waals surface area contributed by atoms with E-state index in [-0.39, 0.29) is 6.04 Å². The number of hydrogen-bond acceptors (Lipinski definition) is 4. The monoisotopic (exact) mass is 286 g/mol. The van der Waals surface area contributed by atoms with Crippen molar-refractivity contribution in [2.45, 2.75) is 23.8 Å². The molecule has 1 saturated heterocycles. The lowest BCUT2D eigenvalue weighted by atomic mass is 10.2. The van der Waals surface area contributed by atoms with Gasteiger partial charge in [-0.1, -0.05) is 0 Å². The van der Waals surface area contributed by atoms with Gasteiger partial charge in [-0.05, 0) is 42.9 Å². The molecule has 1 aromatic rings. The second kappa shape index (κ2) is 5.95. The van der Waals surface area contributed by atoms with Gasteiger partial charge in [0.05, 0.1) is 4.90 Å². The van der Waals surface area contributed by atoms with Gasteiger partial charge in [-0.25, -0.2) is 13.1 Å². The first-order valence-electron chi connectivity index (χ1n) is 6.00. The van der Waals surface area contributed by atoms with E-state index in [4.69, 9.17) is 0 Å². The molecular formula is C12H18N2O2S2. The highest BCUT2D eigenvalue weighted by atomic mass is 32.2. The quantitative estimate of drug-likeness (QED) is 0.887. The van der Waals surface area contributed by atoms with E-state index in [0.29, 0.717) is 4.90 Å². The molecule has 0 saturated carbocycles. The highest BCUT2D eigenvalue weighted by Gasteiger charge is 2.21. The Morgan fingerprint density at radius 2 is 2.00 bits per heavy atom. The van der Waals surface area contributed by atoms with Gasteiger partial charge in [0.1, 0.15) is 0 Å². The van der Waals surface area contributed by atoms with Gasteiger partial charge in [-0.2, -0.15) is 11.8 Å². The molecule has 2 rings (SSSR count). The highest BCUT2D eigenvalue weighted by Crippen LogP contribution is 2.20. The van der Waals surface area contributed by atoms with Crippen LogP contribution in [0.4, 0.5) is 5.69 Å². The van der Waals surface area contributed by atoms with Crippen LogP contribution in [0.1, 0.15) is 12.8 Å². The summed E-state index contributed by atoms with van der Waals surface area (Å²) in [5, 5.41) is 2.97. The van der Waals surface area contributed by atoms with Crippen molar-refractivity contribution in [3.05, 3.63) is 24.3 Å². The molecule has 18 heavy (non-hydrogen) atoms. The molecule has 1 aromatic carbocycles. The topological polar surface area (TPSA) is 58.2 Å². The molecule has 1 aliphatic heterocycles. The fraction of sp³-hybridized carbons (Fsp3) is 0.500. The first-order valence-corrected chi connectivity index (χ1v) is 8.63. The third-order valence-corrected chi connectivity index (χ3v) is 5.69. The molecule has 1 unspecified atom stereocenters. The predicted octanol–water partition coefficient (Wildman–Crippen LogP) is 1.90. The average molecular weight is 286 g/mol. The van der Waals surface area contributed by atoms with Crippen LogP contribution in [0.25, 0.3) is 0 Å². The van der Waals surface area contributed by atoms with E-state index in [0.717, 1.165) is 30.0 Å². The van der Waals surface area contributed by atoms with Gasteiger partial charge in [0, 0.05) is 24.5 Å². The van der Waals surface area contributed by atoms with Crippen molar-refractivity contribution < 1.29 is 8.42 Å². The Morgan fingerprint density at radius 1 is 1.28 bits per heavy atom. The molecule has 0 bridgehead atoms. The summed E-state index contributed by atoms with van der Waals surface area (Å²) in [7, 11) is -1.57. The average Bonchev–Trinajstić information content (AvgIpc) is 2.39. The molecule has 4 nitrogen and oxygen atoms in total. The molecule has 0 spiro atoms. The summed E-state index contributed by atoms with van der Waals surface area (Å²) >= 11 is 1.81. The minimum atomic E-state index is -3.38. The second-order valence-corrected chi connectivity index (χ2v) is 7.17. The third kappa shape index (κ3) is 3.40.